The van der Waals surface area contributed by atoms with Crippen LogP contribution in [0.4, 0.5) is 4.39 Å². The van der Waals surface area contributed by atoms with Crippen molar-refractivity contribution in [3.8, 4) is 0 Å². The van der Waals surface area contributed by atoms with Crippen molar-refractivity contribution >= 4 is 17.7 Å². The van der Waals surface area contributed by atoms with E-state index in [1.165, 1.54) is 24.1 Å². The van der Waals surface area contributed by atoms with E-state index in [2.05, 4.69) is 4.90 Å². The normalized spacial score (nSPS) is 27.5. The zero-order valence-electron chi connectivity index (χ0n) is 15.9. The highest BCUT2D eigenvalue weighted by atomic mass is 19.1. The molecular formula is C20H25FN2O4. The van der Waals surface area contributed by atoms with Crippen LogP contribution in [0.25, 0.3) is 0 Å². The Kier molecular flexibility index (Phi) is 5.33. The summed E-state index contributed by atoms with van der Waals surface area (Å²) in [7, 11) is 4.46. The van der Waals surface area contributed by atoms with Crippen LogP contribution in [0.1, 0.15) is 31.2 Å². The Morgan fingerprint density at radius 1 is 1.26 bits per heavy atom. The smallest absolute Gasteiger partial charge is 0.321 e. The molecular weight excluding hydrogens is 351 g/mol. The largest absolute Gasteiger partial charge is 0.468 e. The fourth-order valence-electron chi connectivity index (χ4n) is 4.42. The summed E-state index contributed by atoms with van der Waals surface area (Å²) in [5.41, 5.74) is -0.580. The number of methoxy groups -OCH3 is 1. The Morgan fingerprint density at radius 3 is 2.52 bits per heavy atom. The van der Waals surface area contributed by atoms with E-state index in [0.717, 1.165) is 12.0 Å². The van der Waals surface area contributed by atoms with Crippen LogP contribution in [0.2, 0.25) is 0 Å². The first-order chi connectivity index (χ1) is 12.8. The number of rotatable bonds is 5. The molecule has 0 radical (unpaired) electrons. The van der Waals surface area contributed by atoms with E-state index in [-0.39, 0.29) is 36.4 Å². The molecule has 27 heavy (non-hydrogen) atoms. The van der Waals surface area contributed by atoms with Crippen molar-refractivity contribution in [2.24, 2.45) is 5.41 Å². The standard InChI is InChI=1S/C20H25FN2O4/c1-22(2)18(25)11-20(19(26)27-3)16-9-8-15(10-17(20)24)23(16)12-13-4-6-14(21)7-5-13/h4-7,15-16H,8-12H2,1-3H3/t15-,16+,20+/m1/s1. The number of hydrogen-bond donors (Lipinski definition) is 0. The second kappa shape index (κ2) is 7.38. The number of ether oxygens (including phenoxy) is 1. The fourth-order valence-corrected chi connectivity index (χ4v) is 4.42. The van der Waals surface area contributed by atoms with Crippen molar-refractivity contribution in [1.82, 2.24) is 9.80 Å². The van der Waals surface area contributed by atoms with Crippen molar-refractivity contribution in [2.75, 3.05) is 21.2 Å². The summed E-state index contributed by atoms with van der Waals surface area (Å²) in [6.07, 6.45) is 1.45. The number of ketones is 1. The van der Waals surface area contributed by atoms with Crippen LogP contribution in [0, 0.1) is 11.2 Å². The van der Waals surface area contributed by atoms with Gasteiger partial charge in [0.05, 0.1) is 13.5 Å². The number of piperidine rings is 1. The molecule has 3 atom stereocenters. The number of halogens is 1. The molecule has 0 spiro atoms. The van der Waals surface area contributed by atoms with Crippen LogP contribution >= 0.6 is 0 Å². The number of carbonyl (C=O) groups is 3. The zero-order chi connectivity index (χ0) is 19.8. The molecule has 0 unspecified atom stereocenters. The Morgan fingerprint density at radius 2 is 1.93 bits per heavy atom. The van der Waals surface area contributed by atoms with Crippen LogP contribution in [0.3, 0.4) is 0 Å². The summed E-state index contributed by atoms with van der Waals surface area (Å²) in [5.74, 6) is -1.44. The number of carbonyl (C=O) groups excluding carboxylic acids is 3. The maximum Gasteiger partial charge on any atom is 0.321 e. The number of amides is 1. The number of Topliss-reactive ketones (excluding diaryl/α,β-unsaturated/α-hetero) is 1. The highest BCUT2D eigenvalue weighted by molar-refractivity contribution is 6.08. The number of benzene rings is 1. The van der Waals surface area contributed by atoms with E-state index in [1.54, 1.807) is 26.2 Å². The van der Waals surface area contributed by atoms with E-state index >= 15 is 0 Å². The van der Waals surface area contributed by atoms with Gasteiger partial charge in [-0.3, -0.25) is 19.3 Å². The molecule has 1 aromatic rings. The summed E-state index contributed by atoms with van der Waals surface area (Å²) < 4.78 is 18.2. The average Bonchev–Trinajstić information content (AvgIpc) is 2.95. The minimum atomic E-state index is -1.48. The first kappa shape index (κ1) is 19.5. The fraction of sp³-hybridized carbons (Fsp3) is 0.550. The van der Waals surface area contributed by atoms with E-state index in [1.807, 2.05) is 0 Å². The summed E-state index contributed by atoms with van der Waals surface area (Å²) >= 11 is 0. The Balaban J connectivity index is 1.96. The van der Waals surface area contributed by atoms with Crippen LogP contribution in [0.5, 0.6) is 0 Å². The molecule has 2 heterocycles. The Bertz CT molecular complexity index is 749. The molecule has 2 saturated heterocycles. The lowest BCUT2D eigenvalue weighted by atomic mass is 9.69. The second-order valence-corrected chi connectivity index (χ2v) is 7.60. The maximum absolute atomic E-state index is 13.2. The molecule has 146 valence electrons. The highest BCUT2D eigenvalue weighted by Gasteiger charge is 2.62. The van der Waals surface area contributed by atoms with Crippen LogP contribution in [0.15, 0.2) is 24.3 Å². The van der Waals surface area contributed by atoms with Gasteiger partial charge in [-0.25, -0.2) is 4.39 Å². The lowest BCUT2D eigenvalue weighted by Gasteiger charge is -2.45. The summed E-state index contributed by atoms with van der Waals surface area (Å²) in [5, 5.41) is 0. The average molecular weight is 376 g/mol. The summed E-state index contributed by atoms with van der Waals surface area (Å²) in [6, 6.07) is 5.83. The summed E-state index contributed by atoms with van der Waals surface area (Å²) in [6.45, 7) is 0.498. The van der Waals surface area contributed by atoms with Gasteiger partial charge in [0.2, 0.25) is 5.91 Å². The molecule has 0 N–H and O–H groups in total. The van der Waals surface area contributed by atoms with Crippen LogP contribution in [-0.4, -0.2) is 60.7 Å². The van der Waals surface area contributed by atoms with Crippen LogP contribution in [-0.2, 0) is 25.7 Å². The molecule has 2 fully saturated rings. The molecule has 0 aliphatic carbocycles. The molecule has 2 aliphatic rings. The third-order valence-corrected chi connectivity index (χ3v) is 5.89. The van der Waals surface area contributed by atoms with Crippen LogP contribution < -0.4 is 0 Å². The Labute approximate surface area is 158 Å². The van der Waals surface area contributed by atoms with Crippen molar-refractivity contribution in [1.29, 1.82) is 0 Å². The minimum absolute atomic E-state index is 0.0276. The Hall–Kier alpha value is -2.28. The summed E-state index contributed by atoms with van der Waals surface area (Å²) in [4.78, 5) is 41.8. The van der Waals surface area contributed by atoms with E-state index in [9.17, 15) is 18.8 Å². The van der Waals surface area contributed by atoms with Gasteiger partial charge in [-0.15, -0.1) is 0 Å². The minimum Gasteiger partial charge on any atom is -0.468 e. The van der Waals surface area contributed by atoms with Gasteiger partial charge in [-0.1, -0.05) is 12.1 Å². The number of nitrogens with zero attached hydrogens (tertiary/aromatic N) is 2. The van der Waals surface area contributed by atoms with E-state index < -0.39 is 17.4 Å². The zero-order valence-corrected chi connectivity index (χ0v) is 15.9. The van der Waals surface area contributed by atoms with E-state index in [0.29, 0.717) is 13.0 Å². The van der Waals surface area contributed by atoms with Gasteiger partial charge in [0.15, 0.2) is 11.2 Å². The molecule has 3 rings (SSSR count). The molecule has 2 aliphatic heterocycles. The molecule has 1 amide bonds. The lowest BCUT2D eigenvalue weighted by molar-refractivity contribution is -0.170. The first-order valence-electron chi connectivity index (χ1n) is 9.11. The van der Waals surface area contributed by atoms with Gasteiger partial charge in [0.1, 0.15) is 5.82 Å². The van der Waals surface area contributed by atoms with Gasteiger partial charge >= 0.3 is 5.97 Å². The molecule has 1 aromatic carbocycles. The number of esters is 1. The highest BCUT2D eigenvalue weighted by Crippen LogP contribution is 2.48. The van der Waals surface area contributed by atoms with Gasteiger partial charge in [-0.05, 0) is 30.5 Å². The van der Waals surface area contributed by atoms with Gasteiger partial charge < -0.3 is 9.64 Å². The molecule has 0 aromatic heterocycles. The van der Waals surface area contributed by atoms with Crippen molar-refractivity contribution in [3.05, 3.63) is 35.6 Å². The molecule has 7 heteroatoms. The topological polar surface area (TPSA) is 66.9 Å². The second-order valence-electron chi connectivity index (χ2n) is 7.60. The first-order valence-corrected chi connectivity index (χ1v) is 9.11. The maximum atomic E-state index is 13.2. The third kappa shape index (κ3) is 3.36. The van der Waals surface area contributed by atoms with Crippen molar-refractivity contribution in [3.63, 3.8) is 0 Å². The van der Waals surface area contributed by atoms with Crippen molar-refractivity contribution in [2.45, 2.75) is 44.3 Å². The van der Waals surface area contributed by atoms with Gasteiger partial charge in [0.25, 0.3) is 0 Å². The van der Waals surface area contributed by atoms with Gasteiger partial charge in [-0.2, -0.15) is 0 Å². The molecule has 0 saturated carbocycles. The molecule has 2 bridgehead atoms. The lowest BCUT2D eigenvalue weighted by Crippen LogP contribution is -2.61. The third-order valence-electron chi connectivity index (χ3n) is 5.89. The molecule has 6 nitrogen and oxygen atoms in total. The van der Waals surface area contributed by atoms with E-state index in [4.69, 9.17) is 4.74 Å². The monoisotopic (exact) mass is 376 g/mol. The SMILES string of the molecule is COC(=O)[C@]1(CC(=O)N(C)C)C(=O)C[C@H]2CC[C@@H]1N2Cc1ccc(F)cc1. The van der Waals surface area contributed by atoms with Gasteiger partial charge in [0, 0.05) is 39.1 Å². The number of fused-ring (bicyclic) bond motifs is 2. The predicted octanol–water partition coefficient (Wildman–Crippen LogP) is 1.77. The number of hydrogen-bond acceptors (Lipinski definition) is 5. The predicted molar refractivity (Wildman–Crippen MR) is 96.1 cm³/mol. The quantitative estimate of drug-likeness (QED) is 0.579. The van der Waals surface area contributed by atoms with Crippen molar-refractivity contribution < 1.29 is 23.5 Å².